The van der Waals surface area contributed by atoms with Gasteiger partial charge in [0.25, 0.3) is 0 Å². The van der Waals surface area contributed by atoms with E-state index in [1.807, 2.05) is 25.7 Å². The Morgan fingerprint density at radius 1 is 1.14 bits per heavy atom. The second-order valence-electron chi connectivity index (χ2n) is 6.62. The molecule has 1 amide bonds. The summed E-state index contributed by atoms with van der Waals surface area (Å²) in [6.07, 6.45) is 0.380. The van der Waals surface area contributed by atoms with Gasteiger partial charge in [-0.3, -0.25) is 9.79 Å². The van der Waals surface area contributed by atoms with Gasteiger partial charge in [0.2, 0.25) is 5.91 Å². The summed E-state index contributed by atoms with van der Waals surface area (Å²) in [4.78, 5) is 22.5. The van der Waals surface area contributed by atoms with Gasteiger partial charge in [-0.15, -0.1) is 0 Å². The highest BCUT2D eigenvalue weighted by Gasteiger charge is 2.22. The molecule has 6 nitrogen and oxygen atoms in total. The largest absolute Gasteiger partial charge is 0.366 e. The molecule has 8 heteroatoms. The number of nitrogens with zero attached hydrogens (tertiary/aromatic N) is 4. The third-order valence-corrected chi connectivity index (χ3v) is 4.87. The van der Waals surface area contributed by atoms with Crippen molar-refractivity contribution < 1.29 is 13.6 Å². The van der Waals surface area contributed by atoms with Crippen molar-refractivity contribution >= 4 is 17.6 Å². The number of aliphatic imine (C=N–C) groups is 1. The lowest BCUT2D eigenvalue weighted by Gasteiger charge is -2.37. The molecule has 1 aromatic rings. The summed E-state index contributed by atoms with van der Waals surface area (Å²) in [5, 5.41) is 3.26. The smallest absolute Gasteiger partial charge is 0.224 e. The number of nitrogens with one attached hydrogen (secondary N) is 1. The first-order chi connectivity index (χ1) is 13.5. The number of anilines is 1. The van der Waals surface area contributed by atoms with Gasteiger partial charge >= 0.3 is 0 Å². The van der Waals surface area contributed by atoms with Gasteiger partial charge in [0.15, 0.2) is 5.96 Å². The van der Waals surface area contributed by atoms with Crippen LogP contribution in [-0.4, -0.2) is 74.0 Å². The van der Waals surface area contributed by atoms with Crippen LogP contribution >= 0.6 is 0 Å². The first-order valence-corrected chi connectivity index (χ1v) is 10.0. The highest BCUT2D eigenvalue weighted by Crippen LogP contribution is 2.21. The predicted molar refractivity (Wildman–Crippen MR) is 109 cm³/mol. The van der Waals surface area contributed by atoms with Crippen LogP contribution in [0.5, 0.6) is 0 Å². The van der Waals surface area contributed by atoms with Crippen LogP contribution < -0.4 is 10.2 Å². The number of carbonyl (C=O) groups is 1. The summed E-state index contributed by atoms with van der Waals surface area (Å²) >= 11 is 0. The fourth-order valence-electron chi connectivity index (χ4n) is 3.31. The van der Waals surface area contributed by atoms with Crippen molar-refractivity contribution in [1.29, 1.82) is 0 Å². The average molecular weight is 395 g/mol. The van der Waals surface area contributed by atoms with Gasteiger partial charge in [0.1, 0.15) is 11.6 Å². The molecule has 0 bridgehead atoms. The molecule has 1 fully saturated rings. The molecule has 0 spiro atoms. The SMILES string of the molecule is CCNC(=NCCC(=O)N(CC)CC)N1CCN(c2cc(F)ccc2F)CC1. The minimum Gasteiger partial charge on any atom is -0.366 e. The Hall–Kier alpha value is -2.38. The van der Waals surface area contributed by atoms with Crippen molar-refractivity contribution in [1.82, 2.24) is 15.1 Å². The third-order valence-electron chi connectivity index (χ3n) is 4.87. The Labute approximate surface area is 166 Å². The molecule has 1 aliphatic rings. The molecular formula is C20H31F2N5O. The molecule has 28 heavy (non-hydrogen) atoms. The number of piperazine rings is 1. The zero-order valence-corrected chi connectivity index (χ0v) is 17.0. The Bertz CT molecular complexity index is 671. The van der Waals surface area contributed by atoms with Gasteiger partial charge in [-0.25, -0.2) is 8.78 Å². The van der Waals surface area contributed by atoms with E-state index in [1.165, 1.54) is 6.07 Å². The minimum absolute atomic E-state index is 0.107. The van der Waals surface area contributed by atoms with Crippen molar-refractivity contribution in [2.75, 3.05) is 57.3 Å². The second-order valence-corrected chi connectivity index (χ2v) is 6.62. The monoisotopic (exact) mass is 395 g/mol. The van der Waals surface area contributed by atoms with Gasteiger partial charge in [-0.1, -0.05) is 0 Å². The van der Waals surface area contributed by atoms with E-state index in [4.69, 9.17) is 0 Å². The lowest BCUT2D eigenvalue weighted by Crippen LogP contribution is -2.52. The lowest BCUT2D eigenvalue weighted by atomic mass is 10.2. The normalized spacial score (nSPS) is 15.0. The quantitative estimate of drug-likeness (QED) is 0.569. The van der Waals surface area contributed by atoms with E-state index in [9.17, 15) is 13.6 Å². The van der Waals surface area contributed by atoms with Gasteiger partial charge < -0.3 is 20.0 Å². The number of amides is 1. The number of guanidine groups is 1. The highest BCUT2D eigenvalue weighted by atomic mass is 19.1. The molecule has 1 N–H and O–H groups in total. The van der Waals surface area contributed by atoms with Crippen LogP contribution in [0.1, 0.15) is 27.2 Å². The Morgan fingerprint density at radius 2 is 1.82 bits per heavy atom. The van der Waals surface area contributed by atoms with Crippen LogP contribution in [-0.2, 0) is 4.79 Å². The molecule has 0 aromatic heterocycles. The molecule has 2 rings (SSSR count). The third kappa shape index (κ3) is 5.81. The molecule has 0 atom stereocenters. The molecule has 1 aromatic carbocycles. The average Bonchev–Trinajstić information content (AvgIpc) is 2.70. The molecule has 1 heterocycles. The van der Waals surface area contributed by atoms with Crippen LogP contribution in [0.3, 0.4) is 0 Å². The second kappa shape index (κ2) is 10.8. The number of hydrogen-bond acceptors (Lipinski definition) is 3. The van der Waals surface area contributed by atoms with E-state index in [0.29, 0.717) is 57.9 Å². The summed E-state index contributed by atoms with van der Waals surface area (Å²) in [5.74, 6) is 0.0159. The van der Waals surface area contributed by atoms with E-state index in [2.05, 4.69) is 15.2 Å². The molecule has 0 aliphatic carbocycles. The molecule has 0 saturated carbocycles. The first kappa shape index (κ1) is 21.9. The number of rotatable bonds is 7. The fourth-order valence-corrected chi connectivity index (χ4v) is 3.31. The minimum atomic E-state index is -0.438. The molecule has 156 valence electrons. The fraction of sp³-hybridized carbons (Fsp3) is 0.600. The summed E-state index contributed by atoms with van der Waals surface area (Å²) < 4.78 is 27.5. The lowest BCUT2D eigenvalue weighted by molar-refractivity contribution is -0.130. The van der Waals surface area contributed by atoms with Crippen molar-refractivity contribution in [3.8, 4) is 0 Å². The summed E-state index contributed by atoms with van der Waals surface area (Å²) in [7, 11) is 0. The van der Waals surface area contributed by atoms with Gasteiger partial charge in [0.05, 0.1) is 12.2 Å². The van der Waals surface area contributed by atoms with Crippen LogP contribution in [0.4, 0.5) is 14.5 Å². The van der Waals surface area contributed by atoms with Gasteiger partial charge in [-0.2, -0.15) is 0 Å². The first-order valence-electron chi connectivity index (χ1n) is 10.0. The maximum absolute atomic E-state index is 14.0. The van der Waals surface area contributed by atoms with Crippen molar-refractivity contribution in [2.45, 2.75) is 27.2 Å². The highest BCUT2D eigenvalue weighted by molar-refractivity contribution is 5.81. The Balaban J connectivity index is 1.94. The molecular weight excluding hydrogens is 364 g/mol. The number of hydrogen-bond donors (Lipinski definition) is 1. The maximum Gasteiger partial charge on any atom is 0.224 e. The van der Waals surface area contributed by atoms with E-state index < -0.39 is 11.6 Å². The predicted octanol–water partition coefficient (Wildman–Crippen LogP) is 2.31. The Morgan fingerprint density at radius 3 is 2.43 bits per heavy atom. The van der Waals surface area contributed by atoms with Crippen molar-refractivity contribution in [3.63, 3.8) is 0 Å². The van der Waals surface area contributed by atoms with Crippen LogP contribution in [0, 0.1) is 11.6 Å². The maximum atomic E-state index is 14.0. The van der Waals surface area contributed by atoms with Crippen molar-refractivity contribution in [3.05, 3.63) is 29.8 Å². The van der Waals surface area contributed by atoms with Crippen molar-refractivity contribution in [2.24, 2.45) is 4.99 Å². The van der Waals surface area contributed by atoms with Crippen LogP contribution in [0.15, 0.2) is 23.2 Å². The van der Waals surface area contributed by atoms with Gasteiger partial charge in [-0.05, 0) is 32.9 Å². The van der Waals surface area contributed by atoms with Gasteiger partial charge in [0, 0.05) is 58.3 Å². The number of halogens is 2. The van der Waals surface area contributed by atoms with E-state index >= 15 is 0 Å². The standard InChI is InChI=1S/C20H31F2N5O/c1-4-23-20(24-10-9-19(28)25(5-2)6-3)27-13-11-26(12-14-27)18-15-16(21)7-8-17(18)22/h7-8,15H,4-6,9-14H2,1-3H3,(H,23,24). The van der Waals surface area contributed by atoms with Crippen LogP contribution in [0.25, 0.3) is 0 Å². The summed E-state index contributed by atoms with van der Waals surface area (Å²) in [6, 6.07) is 3.53. The topological polar surface area (TPSA) is 51.2 Å². The molecule has 0 unspecified atom stereocenters. The summed E-state index contributed by atoms with van der Waals surface area (Å²) in [5.41, 5.74) is 0.298. The van der Waals surface area contributed by atoms with E-state index in [-0.39, 0.29) is 5.91 Å². The zero-order chi connectivity index (χ0) is 20.5. The molecule has 0 radical (unpaired) electrons. The van der Waals surface area contributed by atoms with E-state index in [0.717, 1.165) is 24.6 Å². The van der Waals surface area contributed by atoms with E-state index in [1.54, 1.807) is 4.90 Å². The number of carbonyl (C=O) groups excluding carboxylic acids is 1. The molecule has 1 saturated heterocycles. The molecule has 1 aliphatic heterocycles. The zero-order valence-electron chi connectivity index (χ0n) is 17.0. The Kier molecular flexibility index (Phi) is 8.47. The summed E-state index contributed by atoms with van der Waals surface area (Å²) in [6.45, 7) is 10.9. The number of benzene rings is 1. The van der Waals surface area contributed by atoms with Crippen LogP contribution in [0.2, 0.25) is 0 Å².